The maximum absolute atomic E-state index is 12.6. The van der Waals surface area contributed by atoms with Gasteiger partial charge in [0.2, 0.25) is 11.7 Å². The molecule has 0 spiro atoms. The van der Waals surface area contributed by atoms with Crippen LogP contribution < -0.4 is 16.0 Å². The standard InChI is InChI=1S/C17H20N4O5/c1-9(2)13(15(23)20-11-3-5-18-16(24)14(11)22)21-17-19-7-12(26-17)10-4-6-25-8-10/h4,6-9,11,13H,3,5H2,1-2H3,(H,18,24)(H,19,21)(H,20,23). The number of Topliss-reactive ketones (excluding diaryl/α,β-unsaturated/α-hetero) is 1. The molecule has 0 saturated carbocycles. The molecule has 1 aliphatic rings. The van der Waals surface area contributed by atoms with Gasteiger partial charge in [0.1, 0.15) is 12.3 Å². The van der Waals surface area contributed by atoms with Crippen LogP contribution in [0.2, 0.25) is 0 Å². The average Bonchev–Trinajstić information content (AvgIpc) is 3.27. The van der Waals surface area contributed by atoms with Crippen molar-refractivity contribution in [3.8, 4) is 11.3 Å². The molecule has 0 radical (unpaired) electrons. The van der Waals surface area contributed by atoms with Crippen molar-refractivity contribution in [2.24, 2.45) is 5.92 Å². The summed E-state index contributed by atoms with van der Waals surface area (Å²) in [5.41, 5.74) is 0.731. The molecule has 26 heavy (non-hydrogen) atoms. The number of carbonyl (C=O) groups excluding carboxylic acids is 3. The summed E-state index contributed by atoms with van der Waals surface area (Å²) in [5.74, 6) is -1.30. The maximum Gasteiger partial charge on any atom is 0.295 e. The molecule has 2 aromatic rings. The lowest BCUT2D eigenvalue weighted by Crippen LogP contribution is -2.56. The Morgan fingerprint density at radius 1 is 1.38 bits per heavy atom. The largest absolute Gasteiger partial charge is 0.472 e. The number of nitrogens with zero attached hydrogens (tertiary/aromatic N) is 1. The minimum Gasteiger partial charge on any atom is -0.472 e. The second kappa shape index (κ2) is 7.42. The highest BCUT2D eigenvalue weighted by molar-refractivity contribution is 6.39. The number of furan rings is 1. The van der Waals surface area contributed by atoms with E-state index in [1.807, 2.05) is 13.8 Å². The monoisotopic (exact) mass is 360 g/mol. The van der Waals surface area contributed by atoms with Crippen LogP contribution in [-0.4, -0.2) is 41.2 Å². The normalized spacial score (nSPS) is 18.5. The third-order valence-electron chi connectivity index (χ3n) is 4.11. The van der Waals surface area contributed by atoms with Crippen LogP contribution in [0, 0.1) is 5.92 Å². The summed E-state index contributed by atoms with van der Waals surface area (Å²) in [4.78, 5) is 40.0. The van der Waals surface area contributed by atoms with Gasteiger partial charge in [-0.1, -0.05) is 13.8 Å². The molecule has 2 amide bonds. The molecular formula is C17H20N4O5. The van der Waals surface area contributed by atoms with E-state index in [0.29, 0.717) is 18.7 Å². The number of anilines is 1. The Balaban J connectivity index is 1.68. The number of rotatable bonds is 6. The molecule has 0 aromatic carbocycles. The van der Waals surface area contributed by atoms with Crippen molar-refractivity contribution in [1.82, 2.24) is 15.6 Å². The van der Waals surface area contributed by atoms with Crippen LogP contribution in [0.25, 0.3) is 11.3 Å². The molecule has 2 unspecified atom stereocenters. The van der Waals surface area contributed by atoms with E-state index in [-0.39, 0.29) is 11.9 Å². The second-order valence-electron chi connectivity index (χ2n) is 6.38. The molecule has 2 aromatic heterocycles. The van der Waals surface area contributed by atoms with Crippen LogP contribution in [0.15, 0.2) is 33.6 Å². The number of hydrogen-bond donors (Lipinski definition) is 3. The summed E-state index contributed by atoms with van der Waals surface area (Å²) in [7, 11) is 0. The molecule has 2 atom stereocenters. The van der Waals surface area contributed by atoms with Gasteiger partial charge in [0.15, 0.2) is 5.76 Å². The number of carbonyl (C=O) groups is 3. The first-order valence-electron chi connectivity index (χ1n) is 8.33. The zero-order chi connectivity index (χ0) is 18.7. The zero-order valence-corrected chi connectivity index (χ0v) is 14.4. The van der Waals surface area contributed by atoms with Gasteiger partial charge in [-0.05, 0) is 18.4 Å². The van der Waals surface area contributed by atoms with Crippen molar-refractivity contribution >= 4 is 23.6 Å². The number of oxazole rings is 1. The minimum absolute atomic E-state index is 0.105. The smallest absolute Gasteiger partial charge is 0.295 e. The SMILES string of the molecule is CC(C)C(Nc1ncc(-c2ccoc2)o1)C(=O)NC1CCNC(=O)C1=O. The van der Waals surface area contributed by atoms with Gasteiger partial charge in [0, 0.05) is 6.54 Å². The third-order valence-corrected chi connectivity index (χ3v) is 4.11. The van der Waals surface area contributed by atoms with Gasteiger partial charge in [0.05, 0.1) is 24.1 Å². The fourth-order valence-corrected chi connectivity index (χ4v) is 2.65. The van der Waals surface area contributed by atoms with E-state index < -0.39 is 29.7 Å². The lowest BCUT2D eigenvalue weighted by atomic mass is 10.0. The molecule has 1 aliphatic heterocycles. The van der Waals surface area contributed by atoms with Crippen LogP contribution in [-0.2, 0) is 14.4 Å². The van der Waals surface area contributed by atoms with Crippen molar-refractivity contribution in [2.45, 2.75) is 32.4 Å². The van der Waals surface area contributed by atoms with E-state index in [1.165, 1.54) is 18.7 Å². The summed E-state index contributed by atoms with van der Waals surface area (Å²) in [5, 5.41) is 8.04. The Bertz CT molecular complexity index is 796. The third kappa shape index (κ3) is 3.76. The van der Waals surface area contributed by atoms with E-state index >= 15 is 0 Å². The van der Waals surface area contributed by atoms with E-state index in [4.69, 9.17) is 8.83 Å². The Hall–Kier alpha value is -3.10. The Labute approximate surface area is 149 Å². The highest BCUT2D eigenvalue weighted by atomic mass is 16.4. The quantitative estimate of drug-likeness (QED) is 0.655. The molecular weight excluding hydrogens is 340 g/mol. The second-order valence-corrected chi connectivity index (χ2v) is 6.38. The highest BCUT2D eigenvalue weighted by Gasteiger charge is 2.33. The van der Waals surface area contributed by atoms with Crippen molar-refractivity contribution < 1.29 is 23.2 Å². The molecule has 3 rings (SSSR count). The van der Waals surface area contributed by atoms with Crippen molar-refractivity contribution in [3.05, 3.63) is 24.8 Å². The lowest BCUT2D eigenvalue weighted by molar-refractivity contribution is -0.141. The summed E-state index contributed by atoms with van der Waals surface area (Å²) < 4.78 is 10.6. The first-order chi connectivity index (χ1) is 12.5. The molecule has 3 heterocycles. The lowest BCUT2D eigenvalue weighted by Gasteiger charge is -2.26. The Kier molecular flexibility index (Phi) is 5.06. The molecule has 1 saturated heterocycles. The van der Waals surface area contributed by atoms with E-state index in [1.54, 1.807) is 6.07 Å². The van der Waals surface area contributed by atoms with Gasteiger partial charge in [0.25, 0.3) is 11.9 Å². The Morgan fingerprint density at radius 3 is 2.88 bits per heavy atom. The summed E-state index contributed by atoms with van der Waals surface area (Å²) in [6.45, 7) is 4.06. The highest BCUT2D eigenvalue weighted by Crippen LogP contribution is 2.23. The van der Waals surface area contributed by atoms with Crippen LogP contribution in [0.3, 0.4) is 0 Å². The van der Waals surface area contributed by atoms with Gasteiger partial charge in [-0.25, -0.2) is 4.98 Å². The number of aromatic nitrogens is 1. The van der Waals surface area contributed by atoms with Crippen molar-refractivity contribution in [1.29, 1.82) is 0 Å². The molecule has 1 fully saturated rings. The summed E-state index contributed by atoms with van der Waals surface area (Å²) in [6, 6.07) is 0.424. The summed E-state index contributed by atoms with van der Waals surface area (Å²) in [6.07, 6.45) is 4.94. The average molecular weight is 360 g/mol. The zero-order valence-electron chi connectivity index (χ0n) is 14.4. The van der Waals surface area contributed by atoms with E-state index in [2.05, 4.69) is 20.9 Å². The fourth-order valence-electron chi connectivity index (χ4n) is 2.65. The maximum atomic E-state index is 12.6. The van der Waals surface area contributed by atoms with Gasteiger partial charge >= 0.3 is 0 Å². The molecule has 3 N–H and O–H groups in total. The molecule has 138 valence electrons. The molecule has 9 heteroatoms. The van der Waals surface area contributed by atoms with Gasteiger partial charge < -0.3 is 24.8 Å². The number of nitrogens with one attached hydrogen (secondary N) is 3. The molecule has 0 aliphatic carbocycles. The number of hydrogen-bond acceptors (Lipinski definition) is 7. The first-order valence-corrected chi connectivity index (χ1v) is 8.33. The van der Waals surface area contributed by atoms with Crippen LogP contribution in [0.5, 0.6) is 0 Å². The van der Waals surface area contributed by atoms with Gasteiger partial charge in [-0.15, -0.1) is 0 Å². The predicted molar refractivity (Wildman–Crippen MR) is 91.0 cm³/mol. The number of amides is 2. The Morgan fingerprint density at radius 2 is 2.19 bits per heavy atom. The van der Waals surface area contributed by atoms with Gasteiger partial charge in [-0.2, -0.15) is 0 Å². The van der Waals surface area contributed by atoms with Gasteiger partial charge in [-0.3, -0.25) is 14.4 Å². The first kappa shape index (κ1) is 17.7. The summed E-state index contributed by atoms with van der Waals surface area (Å²) >= 11 is 0. The topological polar surface area (TPSA) is 126 Å². The van der Waals surface area contributed by atoms with Crippen molar-refractivity contribution in [2.75, 3.05) is 11.9 Å². The van der Waals surface area contributed by atoms with Crippen LogP contribution in [0.4, 0.5) is 6.01 Å². The van der Waals surface area contributed by atoms with E-state index in [0.717, 1.165) is 5.56 Å². The number of piperidine rings is 1. The fraction of sp³-hybridized carbons (Fsp3) is 0.412. The predicted octanol–water partition coefficient (Wildman–Crippen LogP) is 0.945. The number of ketones is 1. The van der Waals surface area contributed by atoms with Crippen LogP contribution >= 0.6 is 0 Å². The minimum atomic E-state index is -0.814. The van der Waals surface area contributed by atoms with Crippen molar-refractivity contribution in [3.63, 3.8) is 0 Å². The molecule has 0 bridgehead atoms. The van der Waals surface area contributed by atoms with E-state index in [9.17, 15) is 14.4 Å². The van der Waals surface area contributed by atoms with Crippen LogP contribution in [0.1, 0.15) is 20.3 Å². The molecule has 9 nitrogen and oxygen atoms in total.